The van der Waals surface area contributed by atoms with Crippen LogP contribution in [0.25, 0.3) is 0 Å². The van der Waals surface area contributed by atoms with Gasteiger partial charge in [-0.05, 0) is 12.8 Å². The second-order valence-electron chi connectivity index (χ2n) is 3.92. The minimum Gasteiger partial charge on any atom is -0.411 e. The van der Waals surface area contributed by atoms with Gasteiger partial charge in [-0.3, -0.25) is 9.19 Å². The first-order valence-corrected chi connectivity index (χ1v) is 6.77. The van der Waals surface area contributed by atoms with Crippen LogP contribution >= 0.6 is 0 Å². The molecular formula is C11H17N3O2S. The third-order valence-electron chi connectivity index (χ3n) is 2.31. The van der Waals surface area contributed by atoms with E-state index in [1.165, 1.54) is 0 Å². The minimum absolute atomic E-state index is 0.161. The van der Waals surface area contributed by atoms with E-state index < -0.39 is 10.8 Å². The van der Waals surface area contributed by atoms with Crippen LogP contribution in [0, 0.1) is 0 Å². The van der Waals surface area contributed by atoms with E-state index in [1.807, 2.05) is 20.8 Å². The first-order valence-electron chi connectivity index (χ1n) is 5.45. The summed E-state index contributed by atoms with van der Waals surface area (Å²) in [4.78, 5) is 8.55. The summed E-state index contributed by atoms with van der Waals surface area (Å²) < 4.78 is 11.9. The van der Waals surface area contributed by atoms with E-state index in [0.717, 1.165) is 5.69 Å². The number of aromatic nitrogens is 2. The van der Waals surface area contributed by atoms with E-state index in [-0.39, 0.29) is 5.92 Å². The molecule has 94 valence electrons. The molecule has 1 heterocycles. The molecule has 1 atom stereocenters. The van der Waals surface area contributed by atoms with E-state index in [0.29, 0.717) is 22.2 Å². The summed E-state index contributed by atoms with van der Waals surface area (Å²) in [7, 11) is -1.16. The molecule has 0 aliphatic rings. The first-order chi connectivity index (χ1) is 8.01. The van der Waals surface area contributed by atoms with E-state index in [1.54, 1.807) is 13.1 Å². The van der Waals surface area contributed by atoms with Gasteiger partial charge in [0.15, 0.2) is 0 Å². The lowest BCUT2D eigenvalue weighted by Gasteiger charge is -2.10. The van der Waals surface area contributed by atoms with Gasteiger partial charge in [0.25, 0.3) is 0 Å². The Morgan fingerprint density at radius 2 is 2.24 bits per heavy atom. The number of hydrogen-bond acceptors (Lipinski definition) is 5. The van der Waals surface area contributed by atoms with Gasteiger partial charge in [0.2, 0.25) is 0 Å². The molecule has 1 unspecified atom stereocenters. The standard InChI is InChI=1S/C11H17N3O2S/c1-5-17(16)11-10(7(2)3)12-6-9(13-11)8(4)14-15/h6-7,15H,5H2,1-4H3/b14-8+. The molecule has 0 saturated heterocycles. The van der Waals surface area contributed by atoms with Gasteiger partial charge in [0, 0.05) is 5.75 Å². The zero-order valence-corrected chi connectivity index (χ0v) is 11.3. The highest BCUT2D eigenvalue weighted by molar-refractivity contribution is 7.84. The maximum absolute atomic E-state index is 11.9. The van der Waals surface area contributed by atoms with Gasteiger partial charge in [-0.25, -0.2) is 4.98 Å². The van der Waals surface area contributed by atoms with Crippen LogP contribution in [0.2, 0.25) is 0 Å². The maximum atomic E-state index is 11.9. The fourth-order valence-corrected chi connectivity index (χ4v) is 2.30. The molecule has 0 aromatic carbocycles. The van der Waals surface area contributed by atoms with Crippen molar-refractivity contribution in [3.05, 3.63) is 17.6 Å². The second-order valence-corrected chi connectivity index (χ2v) is 5.58. The Bertz CT molecular complexity index is 458. The zero-order valence-electron chi connectivity index (χ0n) is 10.5. The molecule has 0 bridgehead atoms. The van der Waals surface area contributed by atoms with Crippen molar-refractivity contribution >= 4 is 16.5 Å². The predicted octanol–water partition coefficient (Wildman–Crippen LogP) is 1.93. The van der Waals surface area contributed by atoms with Crippen molar-refractivity contribution in [3.63, 3.8) is 0 Å². The summed E-state index contributed by atoms with van der Waals surface area (Å²) >= 11 is 0. The molecule has 1 rings (SSSR count). The molecule has 0 fully saturated rings. The Morgan fingerprint density at radius 3 is 2.71 bits per heavy atom. The Morgan fingerprint density at radius 1 is 1.59 bits per heavy atom. The zero-order chi connectivity index (χ0) is 13.0. The molecule has 0 radical (unpaired) electrons. The molecule has 0 amide bonds. The Kier molecular flexibility index (Phi) is 4.74. The Balaban J connectivity index is 3.34. The van der Waals surface area contributed by atoms with E-state index >= 15 is 0 Å². The normalized spacial score (nSPS) is 14.1. The topological polar surface area (TPSA) is 75.4 Å². The largest absolute Gasteiger partial charge is 0.411 e. The Labute approximate surface area is 103 Å². The molecular weight excluding hydrogens is 238 g/mol. The van der Waals surface area contributed by atoms with Crippen molar-refractivity contribution in [3.8, 4) is 0 Å². The minimum atomic E-state index is -1.16. The van der Waals surface area contributed by atoms with Crippen molar-refractivity contribution in [1.29, 1.82) is 0 Å². The van der Waals surface area contributed by atoms with Crippen LogP contribution in [-0.2, 0) is 10.8 Å². The summed E-state index contributed by atoms with van der Waals surface area (Å²) in [5, 5.41) is 12.3. The first kappa shape index (κ1) is 13.8. The summed E-state index contributed by atoms with van der Waals surface area (Å²) in [5.41, 5.74) is 1.55. The molecule has 0 aliphatic heterocycles. The number of hydrogen-bond donors (Lipinski definition) is 1. The van der Waals surface area contributed by atoms with Crippen molar-refractivity contribution in [2.75, 3.05) is 5.75 Å². The van der Waals surface area contributed by atoms with Crippen molar-refractivity contribution in [2.45, 2.75) is 38.6 Å². The molecule has 1 aromatic heterocycles. The lowest BCUT2D eigenvalue weighted by atomic mass is 10.1. The van der Waals surface area contributed by atoms with Crippen LogP contribution < -0.4 is 0 Å². The molecule has 17 heavy (non-hydrogen) atoms. The van der Waals surface area contributed by atoms with Gasteiger partial charge in [0.1, 0.15) is 16.4 Å². The monoisotopic (exact) mass is 255 g/mol. The molecule has 0 aliphatic carbocycles. The summed E-state index contributed by atoms with van der Waals surface area (Å²) in [6, 6.07) is 0. The number of oxime groups is 1. The van der Waals surface area contributed by atoms with Crippen molar-refractivity contribution in [1.82, 2.24) is 9.97 Å². The predicted molar refractivity (Wildman–Crippen MR) is 67.1 cm³/mol. The van der Waals surface area contributed by atoms with Crippen molar-refractivity contribution in [2.24, 2.45) is 5.16 Å². The second kappa shape index (κ2) is 5.86. The smallest absolute Gasteiger partial charge is 0.149 e. The van der Waals surface area contributed by atoms with Crippen LogP contribution in [0.4, 0.5) is 0 Å². The molecule has 1 N–H and O–H groups in total. The highest BCUT2D eigenvalue weighted by atomic mass is 32.2. The number of rotatable bonds is 4. The summed E-state index contributed by atoms with van der Waals surface area (Å²) in [5.74, 6) is 0.654. The highest BCUT2D eigenvalue weighted by Gasteiger charge is 2.16. The van der Waals surface area contributed by atoms with Crippen LogP contribution in [0.3, 0.4) is 0 Å². The fourth-order valence-electron chi connectivity index (χ4n) is 1.31. The van der Waals surface area contributed by atoms with Gasteiger partial charge < -0.3 is 5.21 Å². The SMILES string of the molecule is CCS(=O)c1nc(/C(C)=N/O)cnc1C(C)C. The molecule has 1 aromatic rings. The van der Waals surface area contributed by atoms with Gasteiger partial charge in [-0.2, -0.15) is 0 Å². The average Bonchev–Trinajstić information content (AvgIpc) is 2.35. The van der Waals surface area contributed by atoms with Crippen molar-refractivity contribution < 1.29 is 9.42 Å². The van der Waals surface area contributed by atoms with E-state index in [2.05, 4.69) is 15.1 Å². The lowest BCUT2D eigenvalue weighted by Crippen LogP contribution is -2.11. The molecule has 0 spiro atoms. The average molecular weight is 255 g/mol. The third-order valence-corrected chi connectivity index (χ3v) is 3.57. The Hall–Kier alpha value is -1.30. The fraction of sp³-hybridized carbons (Fsp3) is 0.545. The molecule has 6 heteroatoms. The maximum Gasteiger partial charge on any atom is 0.149 e. The van der Waals surface area contributed by atoms with Crippen LogP contribution in [0.1, 0.15) is 45.0 Å². The summed E-state index contributed by atoms with van der Waals surface area (Å²) in [6.45, 7) is 7.42. The quantitative estimate of drug-likeness (QED) is 0.506. The van der Waals surface area contributed by atoms with Gasteiger partial charge in [0.05, 0.1) is 22.7 Å². The highest BCUT2D eigenvalue weighted by Crippen LogP contribution is 2.19. The van der Waals surface area contributed by atoms with E-state index in [4.69, 9.17) is 5.21 Å². The lowest BCUT2D eigenvalue weighted by molar-refractivity contribution is 0.319. The van der Waals surface area contributed by atoms with Gasteiger partial charge in [-0.1, -0.05) is 25.9 Å². The summed E-state index contributed by atoms with van der Waals surface area (Å²) in [6.07, 6.45) is 1.54. The van der Waals surface area contributed by atoms with Crippen LogP contribution in [-0.4, -0.2) is 30.8 Å². The molecule has 0 saturated carbocycles. The van der Waals surface area contributed by atoms with Crippen LogP contribution in [0.15, 0.2) is 16.4 Å². The van der Waals surface area contributed by atoms with Gasteiger partial charge >= 0.3 is 0 Å². The third kappa shape index (κ3) is 3.09. The van der Waals surface area contributed by atoms with Crippen LogP contribution in [0.5, 0.6) is 0 Å². The molecule has 5 nitrogen and oxygen atoms in total. The van der Waals surface area contributed by atoms with Gasteiger partial charge in [-0.15, -0.1) is 0 Å². The number of nitrogens with zero attached hydrogens (tertiary/aromatic N) is 3. The van der Waals surface area contributed by atoms with E-state index in [9.17, 15) is 4.21 Å².